The molecule has 0 spiro atoms. The topological polar surface area (TPSA) is 26.0 Å². The molecule has 18 heavy (non-hydrogen) atoms. The van der Waals surface area contributed by atoms with Crippen molar-refractivity contribution in [1.29, 1.82) is 0 Å². The molecule has 0 radical (unpaired) electrons. The number of pyridine rings is 1. The Morgan fingerprint density at radius 3 is 3.06 bits per heavy atom. The van der Waals surface area contributed by atoms with Gasteiger partial charge in [0.2, 0.25) is 0 Å². The lowest BCUT2D eigenvalue weighted by atomic mass is 10.0. The van der Waals surface area contributed by atoms with E-state index in [1.807, 2.05) is 18.3 Å². The molecule has 0 N–H and O–H groups in total. The lowest BCUT2D eigenvalue weighted by Crippen LogP contribution is -1.82. The van der Waals surface area contributed by atoms with Gasteiger partial charge in [-0.05, 0) is 40.6 Å². The van der Waals surface area contributed by atoms with Gasteiger partial charge >= 0.3 is 0 Å². The highest BCUT2D eigenvalue weighted by atomic mass is 32.1. The monoisotopic (exact) mass is 251 g/mol. The Hall–Kier alpha value is -2.13. The molecule has 3 aromatic heterocycles. The van der Waals surface area contributed by atoms with Crippen molar-refractivity contribution in [2.75, 3.05) is 0 Å². The van der Waals surface area contributed by atoms with E-state index in [1.54, 1.807) is 17.6 Å². The predicted octanol–water partition coefficient (Wildman–Crippen LogP) is 4.71. The molecule has 2 nitrogen and oxygen atoms in total. The zero-order chi connectivity index (χ0) is 11.9. The van der Waals surface area contributed by atoms with E-state index in [1.165, 1.54) is 5.56 Å². The quantitative estimate of drug-likeness (QED) is 0.489. The Bertz CT molecular complexity index is 830. The van der Waals surface area contributed by atoms with Crippen LogP contribution in [0, 0.1) is 0 Å². The Kier molecular flexibility index (Phi) is 2.02. The van der Waals surface area contributed by atoms with Crippen LogP contribution in [0.5, 0.6) is 0 Å². The number of nitrogens with zero attached hydrogens (tertiary/aromatic N) is 1. The fraction of sp³-hybridized carbons (Fsp3) is 0. The fourth-order valence-electron chi connectivity index (χ4n) is 2.32. The van der Waals surface area contributed by atoms with Gasteiger partial charge in [0.1, 0.15) is 5.58 Å². The average Bonchev–Trinajstić information content (AvgIpc) is 3.09. The summed E-state index contributed by atoms with van der Waals surface area (Å²) >= 11 is 1.69. The number of thiophene rings is 1. The van der Waals surface area contributed by atoms with Crippen LogP contribution in [0.15, 0.2) is 58.0 Å². The fourth-order valence-corrected chi connectivity index (χ4v) is 2.97. The summed E-state index contributed by atoms with van der Waals surface area (Å²) in [6.07, 6.45) is 3.55. The first-order chi connectivity index (χ1) is 8.93. The van der Waals surface area contributed by atoms with E-state index in [2.05, 4.69) is 33.9 Å². The molecule has 0 fully saturated rings. The highest BCUT2D eigenvalue weighted by Crippen LogP contribution is 2.35. The first-order valence-electron chi connectivity index (χ1n) is 5.71. The summed E-state index contributed by atoms with van der Waals surface area (Å²) in [7, 11) is 0. The van der Waals surface area contributed by atoms with Crippen LogP contribution in [0.4, 0.5) is 0 Å². The number of furan rings is 1. The summed E-state index contributed by atoms with van der Waals surface area (Å²) in [5.74, 6) is 0. The molecule has 0 aliphatic heterocycles. The van der Waals surface area contributed by atoms with Crippen LogP contribution in [-0.4, -0.2) is 4.98 Å². The van der Waals surface area contributed by atoms with Crippen LogP contribution in [0.25, 0.3) is 33.0 Å². The van der Waals surface area contributed by atoms with Gasteiger partial charge in [-0.15, -0.1) is 0 Å². The van der Waals surface area contributed by atoms with Gasteiger partial charge in [-0.3, -0.25) is 4.98 Å². The van der Waals surface area contributed by atoms with Gasteiger partial charge in [0, 0.05) is 22.5 Å². The minimum atomic E-state index is 0.916. The lowest BCUT2D eigenvalue weighted by molar-refractivity contribution is 0.617. The van der Waals surface area contributed by atoms with Gasteiger partial charge in [0.05, 0.1) is 11.8 Å². The first kappa shape index (κ1) is 9.85. The number of hydrogen-bond donors (Lipinski definition) is 0. The summed E-state index contributed by atoms with van der Waals surface area (Å²) < 4.78 is 5.65. The number of fused-ring (bicyclic) bond motifs is 3. The maximum Gasteiger partial charge on any atom is 0.143 e. The van der Waals surface area contributed by atoms with E-state index in [-0.39, 0.29) is 0 Å². The highest BCUT2D eigenvalue weighted by Gasteiger charge is 2.11. The van der Waals surface area contributed by atoms with Gasteiger partial charge in [-0.25, -0.2) is 0 Å². The normalized spacial score (nSPS) is 11.3. The molecule has 0 unspecified atom stereocenters. The molecule has 0 aliphatic rings. The maximum absolute atomic E-state index is 5.65. The Morgan fingerprint density at radius 1 is 1.17 bits per heavy atom. The second-order valence-electron chi connectivity index (χ2n) is 4.17. The summed E-state index contributed by atoms with van der Waals surface area (Å²) in [5, 5.41) is 6.44. The third kappa shape index (κ3) is 1.31. The third-order valence-electron chi connectivity index (χ3n) is 3.14. The number of hydrogen-bond acceptors (Lipinski definition) is 3. The second-order valence-corrected chi connectivity index (χ2v) is 4.95. The molecule has 0 atom stereocenters. The molecule has 4 aromatic rings. The van der Waals surface area contributed by atoms with Crippen molar-refractivity contribution >= 4 is 33.2 Å². The standard InChI is InChI=1S/C15H9NOS/c1-2-10-8-13(11-4-7-18-9-11)15-12(3-6-17-15)14(10)16-5-1/h1-9H. The van der Waals surface area contributed by atoms with Gasteiger partial charge < -0.3 is 4.42 Å². The molecule has 3 heteroatoms. The van der Waals surface area contributed by atoms with Crippen molar-refractivity contribution in [3.8, 4) is 11.1 Å². The minimum Gasteiger partial charge on any atom is -0.464 e. The molecule has 0 bridgehead atoms. The SMILES string of the molecule is c1cnc2c(c1)cc(-c1ccsc1)c1occc12. The number of aromatic nitrogens is 1. The molecule has 86 valence electrons. The summed E-state index contributed by atoms with van der Waals surface area (Å²) in [5.41, 5.74) is 4.25. The Morgan fingerprint density at radius 2 is 2.17 bits per heavy atom. The van der Waals surface area contributed by atoms with Gasteiger partial charge in [0.15, 0.2) is 0 Å². The van der Waals surface area contributed by atoms with Crippen LogP contribution in [0.1, 0.15) is 0 Å². The first-order valence-corrected chi connectivity index (χ1v) is 6.65. The van der Waals surface area contributed by atoms with Crippen LogP contribution < -0.4 is 0 Å². The Labute approximate surface area is 108 Å². The smallest absolute Gasteiger partial charge is 0.143 e. The molecule has 1 aromatic carbocycles. The zero-order valence-electron chi connectivity index (χ0n) is 9.46. The van der Waals surface area contributed by atoms with E-state index < -0.39 is 0 Å². The third-order valence-corrected chi connectivity index (χ3v) is 3.82. The highest BCUT2D eigenvalue weighted by molar-refractivity contribution is 7.08. The van der Waals surface area contributed by atoms with Crippen molar-refractivity contribution in [2.24, 2.45) is 0 Å². The van der Waals surface area contributed by atoms with E-state index in [9.17, 15) is 0 Å². The molecule has 4 rings (SSSR count). The average molecular weight is 251 g/mol. The summed E-state index contributed by atoms with van der Waals surface area (Å²) in [6, 6.07) is 10.3. The van der Waals surface area contributed by atoms with Crippen molar-refractivity contribution in [3.63, 3.8) is 0 Å². The summed E-state index contributed by atoms with van der Waals surface area (Å²) in [6.45, 7) is 0. The maximum atomic E-state index is 5.65. The number of rotatable bonds is 1. The van der Waals surface area contributed by atoms with Crippen LogP contribution >= 0.6 is 11.3 Å². The van der Waals surface area contributed by atoms with Crippen LogP contribution in [-0.2, 0) is 0 Å². The van der Waals surface area contributed by atoms with Crippen LogP contribution in [0.3, 0.4) is 0 Å². The largest absolute Gasteiger partial charge is 0.464 e. The van der Waals surface area contributed by atoms with Gasteiger partial charge in [0.25, 0.3) is 0 Å². The van der Waals surface area contributed by atoms with Crippen molar-refractivity contribution < 1.29 is 4.42 Å². The van der Waals surface area contributed by atoms with E-state index in [0.29, 0.717) is 0 Å². The molecule has 3 heterocycles. The van der Waals surface area contributed by atoms with Crippen molar-refractivity contribution in [3.05, 3.63) is 53.6 Å². The molecule has 0 amide bonds. The minimum absolute atomic E-state index is 0.916. The molecule has 0 saturated carbocycles. The zero-order valence-corrected chi connectivity index (χ0v) is 10.3. The van der Waals surface area contributed by atoms with Crippen molar-refractivity contribution in [1.82, 2.24) is 4.98 Å². The van der Waals surface area contributed by atoms with Crippen molar-refractivity contribution in [2.45, 2.75) is 0 Å². The Balaban J connectivity index is 2.21. The molecular formula is C15H9NOS. The second kappa shape index (κ2) is 3.68. The molecule has 0 aliphatic carbocycles. The summed E-state index contributed by atoms with van der Waals surface area (Å²) in [4.78, 5) is 4.45. The van der Waals surface area contributed by atoms with E-state index >= 15 is 0 Å². The van der Waals surface area contributed by atoms with Gasteiger partial charge in [-0.1, -0.05) is 6.07 Å². The molecular weight excluding hydrogens is 242 g/mol. The van der Waals surface area contributed by atoms with E-state index in [0.717, 1.165) is 27.4 Å². The van der Waals surface area contributed by atoms with Crippen LogP contribution in [0.2, 0.25) is 0 Å². The number of benzene rings is 1. The van der Waals surface area contributed by atoms with Gasteiger partial charge in [-0.2, -0.15) is 11.3 Å². The van der Waals surface area contributed by atoms with E-state index in [4.69, 9.17) is 4.42 Å². The lowest BCUT2D eigenvalue weighted by Gasteiger charge is -2.03. The predicted molar refractivity (Wildman–Crippen MR) is 74.8 cm³/mol. The molecule has 0 saturated heterocycles.